The van der Waals surface area contributed by atoms with Crippen LogP contribution in [0.3, 0.4) is 0 Å². The van der Waals surface area contributed by atoms with Crippen molar-refractivity contribution in [2.24, 2.45) is 0 Å². The highest BCUT2D eigenvalue weighted by Gasteiger charge is 2.24. The molecule has 1 aromatic heterocycles. The monoisotopic (exact) mass is 347 g/mol. The van der Waals surface area contributed by atoms with E-state index in [1.165, 1.54) is 6.20 Å². The second kappa shape index (κ2) is 6.76. The molecule has 1 aliphatic heterocycles. The number of fused-ring (bicyclic) bond motifs is 1. The van der Waals surface area contributed by atoms with E-state index in [0.29, 0.717) is 17.3 Å². The average molecular weight is 347 g/mol. The zero-order valence-electron chi connectivity index (χ0n) is 14.2. The lowest BCUT2D eigenvalue weighted by atomic mass is 10.2. The van der Waals surface area contributed by atoms with E-state index in [9.17, 15) is 4.79 Å². The first-order valence-corrected chi connectivity index (χ1v) is 8.19. The van der Waals surface area contributed by atoms with Crippen molar-refractivity contribution in [1.82, 2.24) is 9.78 Å². The van der Waals surface area contributed by atoms with Crippen LogP contribution in [0.4, 0.5) is 10.6 Å². The van der Waals surface area contributed by atoms with Crippen LogP contribution in [0.1, 0.15) is 11.1 Å². The maximum Gasteiger partial charge on any atom is 0.435 e. The van der Waals surface area contributed by atoms with E-state index in [-0.39, 0.29) is 6.61 Å². The van der Waals surface area contributed by atoms with Gasteiger partial charge in [0.15, 0.2) is 17.3 Å². The van der Waals surface area contributed by atoms with Crippen LogP contribution in [-0.4, -0.2) is 22.9 Å². The summed E-state index contributed by atoms with van der Waals surface area (Å²) in [5.41, 5.74) is 1.86. The molecule has 0 aliphatic carbocycles. The van der Waals surface area contributed by atoms with Gasteiger partial charge in [-0.2, -0.15) is 4.68 Å². The van der Waals surface area contributed by atoms with Gasteiger partial charge < -0.3 is 14.4 Å². The van der Waals surface area contributed by atoms with Crippen LogP contribution < -0.4 is 9.64 Å². The van der Waals surface area contributed by atoms with Crippen LogP contribution >= 0.6 is 0 Å². The van der Waals surface area contributed by atoms with Gasteiger partial charge in [-0.15, -0.1) is 5.10 Å². The number of anilines is 1. The topological polar surface area (TPSA) is 56.6 Å². The molecule has 6 heteroatoms. The number of ether oxygens (including phenoxy) is 2. The van der Waals surface area contributed by atoms with Crippen LogP contribution in [0.5, 0.6) is 5.75 Å². The highest BCUT2D eigenvalue weighted by Crippen LogP contribution is 2.35. The van der Waals surface area contributed by atoms with E-state index in [0.717, 1.165) is 15.8 Å². The van der Waals surface area contributed by atoms with Crippen molar-refractivity contribution in [3.8, 4) is 5.75 Å². The lowest BCUT2D eigenvalue weighted by Crippen LogP contribution is -2.18. The molecule has 0 atom stereocenters. The summed E-state index contributed by atoms with van der Waals surface area (Å²) < 4.78 is 12.4. The molecule has 0 fully saturated rings. The third kappa shape index (κ3) is 3.17. The number of hydrogen-bond acceptors (Lipinski definition) is 5. The summed E-state index contributed by atoms with van der Waals surface area (Å²) in [6.07, 6.45) is 2.82. The molecule has 0 amide bonds. The first-order valence-electron chi connectivity index (χ1n) is 8.19. The van der Waals surface area contributed by atoms with Gasteiger partial charge in [0.2, 0.25) is 0 Å². The summed E-state index contributed by atoms with van der Waals surface area (Å²) in [5, 5.41) is 4.27. The number of carbonyl (C=O) groups is 1. The van der Waals surface area contributed by atoms with Crippen LogP contribution in [-0.2, 0) is 11.3 Å². The maximum absolute atomic E-state index is 12.3. The molecule has 0 spiro atoms. The van der Waals surface area contributed by atoms with Gasteiger partial charge in [-0.25, -0.2) is 4.79 Å². The number of benzene rings is 2. The Balaban J connectivity index is 1.50. The van der Waals surface area contributed by atoms with Gasteiger partial charge in [-0.3, -0.25) is 0 Å². The number of nitrogens with zero attached hydrogens (tertiary/aromatic N) is 3. The van der Waals surface area contributed by atoms with Crippen molar-refractivity contribution in [3.05, 3.63) is 84.2 Å². The van der Waals surface area contributed by atoms with Gasteiger partial charge in [0.05, 0.1) is 6.20 Å². The van der Waals surface area contributed by atoms with Crippen molar-refractivity contribution in [1.29, 1.82) is 0 Å². The Hall–Kier alpha value is -3.54. The Morgan fingerprint density at radius 2 is 1.77 bits per heavy atom. The van der Waals surface area contributed by atoms with Gasteiger partial charge in [0.25, 0.3) is 0 Å². The first-order chi connectivity index (χ1) is 12.7. The second-order valence-electron chi connectivity index (χ2n) is 5.87. The summed E-state index contributed by atoms with van der Waals surface area (Å²) in [6.45, 7) is 0.189. The molecule has 0 bridgehead atoms. The van der Waals surface area contributed by atoms with Gasteiger partial charge >= 0.3 is 6.09 Å². The van der Waals surface area contributed by atoms with Gasteiger partial charge in [-0.05, 0) is 5.56 Å². The summed E-state index contributed by atoms with van der Waals surface area (Å²) in [7, 11) is 1.86. The zero-order valence-corrected chi connectivity index (χ0v) is 14.2. The minimum atomic E-state index is -0.554. The van der Waals surface area contributed by atoms with E-state index in [4.69, 9.17) is 9.47 Å². The minimum Gasteiger partial charge on any atom is -0.450 e. The lowest BCUT2D eigenvalue weighted by Gasteiger charge is -2.21. The highest BCUT2D eigenvalue weighted by atomic mass is 16.6. The van der Waals surface area contributed by atoms with Crippen LogP contribution in [0, 0.1) is 0 Å². The minimum absolute atomic E-state index is 0.189. The molecule has 6 nitrogen and oxygen atoms in total. The number of aromatic nitrogens is 2. The molecule has 2 aromatic carbocycles. The third-order valence-electron chi connectivity index (χ3n) is 3.98. The third-order valence-corrected chi connectivity index (χ3v) is 3.98. The molecule has 26 heavy (non-hydrogen) atoms. The van der Waals surface area contributed by atoms with E-state index in [1.807, 2.05) is 78.8 Å². The molecule has 0 saturated carbocycles. The molecule has 2 heterocycles. The molecule has 130 valence electrons. The van der Waals surface area contributed by atoms with Crippen molar-refractivity contribution >= 4 is 17.7 Å². The van der Waals surface area contributed by atoms with E-state index < -0.39 is 6.09 Å². The summed E-state index contributed by atoms with van der Waals surface area (Å²) >= 11 is 0. The van der Waals surface area contributed by atoms with E-state index >= 15 is 0 Å². The van der Waals surface area contributed by atoms with Gasteiger partial charge in [-0.1, -0.05) is 60.7 Å². The Labute approximate surface area is 150 Å². The number of rotatable bonds is 3. The molecule has 1 aliphatic rings. The molecule has 0 N–H and O–H groups in total. The number of hydrogen-bond donors (Lipinski definition) is 0. The number of carbonyl (C=O) groups excluding carboxylic acids is 1. The smallest absolute Gasteiger partial charge is 0.435 e. The molecule has 4 rings (SSSR count). The molecule has 0 unspecified atom stereocenters. The molecule has 0 radical (unpaired) electrons. The van der Waals surface area contributed by atoms with Crippen LogP contribution in [0.2, 0.25) is 0 Å². The normalized spacial score (nSPS) is 12.8. The van der Waals surface area contributed by atoms with Crippen molar-refractivity contribution in [3.63, 3.8) is 0 Å². The van der Waals surface area contributed by atoms with Crippen molar-refractivity contribution < 1.29 is 14.3 Å². The summed E-state index contributed by atoms with van der Waals surface area (Å²) in [5.74, 6) is 1.75. The van der Waals surface area contributed by atoms with E-state index in [2.05, 4.69) is 5.10 Å². The fourth-order valence-electron chi connectivity index (χ4n) is 2.66. The Morgan fingerprint density at radius 3 is 2.50 bits per heavy atom. The predicted molar refractivity (Wildman–Crippen MR) is 97.7 cm³/mol. The largest absolute Gasteiger partial charge is 0.450 e. The quantitative estimate of drug-likeness (QED) is 0.719. The molecule has 3 aromatic rings. The summed E-state index contributed by atoms with van der Waals surface area (Å²) in [6, 6.07) is 19.3. The summed E-state index contributed by atoms with van der Waals surface area (Å²) in [4.78, 5) is 14.1. The molecule has 0 saturated heterocycles. The first kappa shape index (κ1) is 16.0. The highest BCUT2D eigenvalue weighted by molar-refractivity contribution is 5.75. The van der Waals surface area contributed by atoms with E-state index in [1.54, 1.807) is 0 Å². The van der Waals surface area contributed by atoms with Crippen LogP contribution in [0.25, 0.3) is 5.76 Å². The Bertz CT molecular complexity index is 949. The zero-order chi connectivity index (χ0) is 17.9. The fraction of sp³-hybridized carbons (Fsp3) is 0.100. The van der Waals surface area contributed by atoms with Gasteiger partial charge in [0.1, 0.15) is 6.61 Å². The standard InChI is InChI=1S/C20H17N3O3/c1-22-12-17(16-10-6-3-7-11-16)26-18-13-23(21-19(18)22)20(24)25-14-15-8-4-2-5-9-15/h2-13H,14H2,1H3. The SMILES string of the molecule is CN1C=C(c2ccccc2)Oc2cn(C(=O)OCc3ccccc3)nc21. The molecular formula is C20H17N3O3. The van der Waals surface area contributed by atoms with Crippen LogP contribution in [0.15, 0.2) is 73.1 Å². The Kier molecular flexibility index (Phi) is 4.15. The van der Waals surface area contributed by atoms with Gasteiger partial charge in [0, 0.05) is 18.8 Å². The Morgan fingerprint density at radius 1 is 1.08 bits per heavy atom. The second-order valence-corrected chi connectivity index (χ2v) is 5.87. The molecular weight excluding hydrogens is 330 g/mol. The van der Waals surface area contributed by atoms with Crippen molar-refractivity contribution in [2.75, 3.05) is 11.9 Å². The average Bonchev–Trinajstić information content (AvgIpc) is 3.12. The lowest BCUT2D eigenvalue weighted by molar-refractivity contribution is 0.138. The predicted octanol–water partition coefficient (Wildman–Crippen LogP) is 3.90. The fourth-order valence-corrected chi connectivity index (χ4v) is 2.66. The maximum atomic E-state index is 12.3. The van der Waals surface area contributed by atoms with Crippen molar-refractivity contribution in [2.45, 2.75) is 6.61 Å².